The molecule has 0 bridgehead atoms. The number of nitrogens with one attached hydrogen (secondary N) is 1. The molecule has 0 unspecified atom stereocenters. The number of esters is 1. The van der Waals surface area contributed by atoms with E-state index in [2.05, 4.69) is 5.32 Å². The molecule has 0 radical (unpaired) electrons. The fraction of sp³-hybridized carbons (Fsp3) is 0.429. The highest BCUT2D eigenvalue weighted by molar-refractivity contribution is 7.90. The summed E-state index contributed by atoms with van der Waals surface area (Å²) in [5.41, 5.74) is 1.75. The Morgan fingerprint density at radius 2 is 1.83 bits per heavy atom. The van der Waals surface area contributed by atoms with Crippen molar-refractivity contribution in [1.82, 2.24) is 0 Å². The Morgan fingerprint density at radius 3 is 2.43 bits per heavy atom. The smallest absolute Gasteiger partial charge is 0.341 e. The normalized spacial score (nSPS) is 11.2. The van der Waals surface area contributed by atoms with Crippen LogP contribution in [0.5, 0.6) is 5.75 Å². The third kappa shape index (κ3) is 7.14. The highest BCUT2D eigenvalue weighted by Crippen LogP contribution is 2.37. The van der Waals surface area contributed by atoms with E-state index in [1.807, 2.05) is 31.2 Å². The summed E-state index contributed by atoms with van der Waals surface area (Å²) in [5.74, 6) is -0.187. The van der Waals surface area contributed by atoms with E-state index in [9.17, 15) is 18.0 Å². The predicted molar refractivity (Wildman–Crippen MR) is 119 cm³/mol. The Morgan fingerprint density at radius 1 is 1.13 bits per heavy atom. The molecule has 0 spiro atoms. The van der Waals surface area contributed by atoms with Crippen LogP contribution in [-0.2, 0) is 19.4 Å². The molecule has 0 aliphatic heterocycles. The Hall–Kier alpha value is -2.39. The molecule has 0 aliphatic carbocycles. The highest BCUT2D eigenvalue weighted by Gasteiger charge is 2.23. The van der Waals surface area contributed by atoms with E-state index in [1.165, 1.54) is 11.3 Å². The molecule has 2 aromatic rings. The van der Waals surface area contributed by atoms with Gasteiger partial charge in [-0.25, -0.2) is 13.2 Å². The molecule has 1 N–H and O–H groups in total. The molecule has 30 heavy (non-hydrogen) atoms. The van der Waals surface area contributed by atoms with Crippen LogP contribution >= 0.6 is 11.3 Å². The monoisotopic (exact) mass is 453 g/mol. The van der Waals surface area contributed by atoms with E-state index in [-0.39, 0.29) is 31.1 Å². The van der Waals surface area contributed by atoms with Crippen molar-refractivity contribution in [1.29, 1.82) is 0 Å². The van der Waals surface area contributed by atoms with Crippen LogP contribution in [0, 0.1) is 0 Å². The number of carbonyl (C=O) groups is 2. The van der Waals surface area contributed by atoms with Crippen LogP contribution in [0.4, 0.5) is 5.00 Å². The molecule has 0 saturated heterocycles. The quantitative estimate of drug-likeness (QED) is 0.513. The van der Waals surface area contributed by atoms with Gasteiger partial charge in [0.15, 0.2) is 0 Å². The molecule has 2 rings (SSSR count). The summed E-state index contributed by atoms with van der Waals surface area (Å²) in [5, 5.41) is 4.90. The Labute approximate surface area is 181 Å². The van der Waals surface area contributed by atoms with Gasteiger partial charge >= 0.3 is 5.97 Å². The highest BCUT2D eigenvalue weighted by atomic mass is 32.2. The van der Waals surface area contributed by atoms with Crippen molar-refractivity contribution in [2.75, 3.05) is 30.5 Å². The zero-order valence-electron chi connectivity index (χ0n) is 17.4. The van der Waals surface area contributed by atoms with Gasteiger partial charge in [0.1, 0.15) is 26.2 Å². The standard InChI is InChI=1S/C21H27NO6S2/c1-4-12-28-16-10-8-15(9-11-16)17-14-29-20(19(17)21(24)27-5-2)22-18(23)7-6-13-30(3,25)26/h8-11,14H,4-7,12-13H2,1-3H3,(H,22,23). The van der Waals surface area contributed by atoms with Gasteiger partial charge < -0.3 is 14.8 Å². The largest absolute Gasteiger partial charge is 0.494 e. The fourth-order valence-corrected chi connectivity index (χ4v) is 4.35. The molecule has 1 heterocycles. The first kappa shape index (κ1) is 23.9. The number of thiophene rings is 1. The zero-order valence-corrected chi connectivity index (χ0v) is 19.0. The minimum absolute atomic E-state index is 0.0477. The van der Waals surface area contributed by atoms with Crippen LogP contribution in [0.1, 0.15) is 43.5 Å². The Bertz CT molecular complexity index is 964. The molecule has 1 aromatic heterocycles. The number of hydrogen-bond acceptors (Lipinski definition) is 7. The molecule has 0 saturated carbocycles. The van der Waals surface area contributed by atoms with Crippen molar-refractivity contribution >= 4 is 38.1 Å². The Balaban J connectivity index is 2.22. The third-order valence-corrected chi connectivity index (χ3v) is 6.01. The molecule has 0 aliphatic rings. The number of amides is 1. The number of benzene rings is 1. The lowest BCUT2D eigenvalue weighted by Gasteiger charge is -2.10. The van der Waals surface area contributed by atoms with Crippen LogP contribution in [0.15, 0.2) is 29.6 Å². The van der Waals surface area contributed by atoms with Gasteiger partial charge in [-0.1, -0.05) is 19.1 Å². The van der Waals surface area contributed by atoms with Crippen molar-refractivity contribution in [2.45, 2.75) is 33.1 Å². The summed E-state index contributed by atoms with van der Waals surface area (Å²) in [6, 6.07) is 7.38. The van der Waals surface area contributed by atoms with Crippen LogP contribution in [0.2, 0.25) is 0 Å². The lowest BCUT2D eigenvalue weighted by molar-refractivity contribution is -0.116. The zero-order chi connectivity index (χ0) is 22.1. The molecule has 9 heteroatoms. The molecule has 0 atom stereocenters. The molecular weight excluding hydrogens is 426 g/mol. The maximum Gasteiger partial charge on any atom is 0.341 e. The van der Waals surface area contributed by atoms with Crippen LogP contribution in [0.3, 0.4) is 0 Å². The molecule has 1 aromatic carbocycles. The second-order valence-electron chi connectivity index (χ2n) is 6.73. The molecular formula is C21H27NO6S2. The average molecular weight is 454 g/mol. The first-order valence-corrected chi connectivity index (χ1v) is 12.7. The van der Waals surface area contributed by atoms with Crippen molar-refractivity contribution in [3.05, 3.63) is 35.2 Å². The lowest BCUT2D eigenvalue weighted by Crippen LogP contribution is -2.15. The van der Waals surface area contributed by atoms with Crippen LogP contribution in [-0.4, -0.2) is 45.5 Å². The third-order valence-electron chi connectivity index (χ3n) is 4.08. The average Bonchev–Trinajstić information content (AvgIpc) is 3.09. The van der Waals surface area contributed by atoms with Crippen molar-refractivity contribution in [3.63, 3.8) is 0 Å². The van der Waals surface area contributed by atoms with Gasteiger partial charge in [0, 0.05) is 23.6 Å². The lowest BCUT2D eigenvalue weighted by atomic mass is 10.0. The second-order valence-corrected chi connectivity index (χ2v) is 9.87. The number of ether oxygens (including phenoxy) is 2. The minimum Gasteiger partial charge on any atom is -0.494 e. The van der Waals surface area contributed by atoms with E-state index in [1.54, 1.807) is 12.3 Å². The van der Waals surface area contributed by atoms with Gasteiger partial charge in [0.05, 0.1) is 19.0 Å². The van der Waals surface area contributed by atoms with E-state index in [4.69, 9.17) is 9.47 Å². The number of sulfone groups is 1. The summed E-state index contributed by atoms with van der Waals surface area (Å²) >= 11 is 1.23. The Kier molecular flexibility index (Phi) is 8.86. The first-order chi connectivity index (χ1) is 14.2. The van der Waals surface area contributed by atoms with Crippen molar-refractivity contribution in [3.8, 4) is 16.9 Å². The van der Waals surface area contributed by atoms with Crippen LogP contribution < -0.4 is 10.1 Å². The van der Waals surface area contributed by atoms with Gasteiger partial charge in [-0.3, -0.25) is 4.79 Å². The SMILES string of the molecule is CCCOc1ccc(-c2csc(NC(=O)CCCS(C)(=O)=O)c2C(=O)OCC)cc1. The maximum atomic E-state index is 12.6. The number of rotatable bonds is 11. The summed E-state index contributed by atoms with van der Waals surface area (Å²) in [7, 11) is -3.12. The summed E-state index contributed by atoms with van der Waals surface area (Å²) in [6.07, 6.45) is 2.31. The van der Waals surface area contributed by atoms with Gasteiger partial charge in [-0.05, 0) is 37.5 Å². The van der Waals surface area contributed by atoms with E-state index < -0.39 is 15.8 Å². The van der Waals surface area contributed by atoms with Gasteiger partial charge in [-0.2, -0.15) is 0 Å². The molecule has 164 valence electrons. The summed E-state index contributed by atoms with van der Waals surface area (Å²) in [6.45, 7) is 4.58. The predicted octanol–water partition coefficient (Wildman–Crippen LogP) is 4.14. The van der Waals surface area contributed by atoms with Gasteiger partial charge in [0.2, 0.25) is 5.91 Å². The molecule has 7 nitrogen and oxygen atoms in total. The number of hydrogen-bond donors (Lipinski definition) is 1. The number of carbonyl (C=O) groups excluding carboxylic acids is 2. The van der Waals surface area contributed by atoms with E-state index in [0.717, 1.165) is 24.0 Å². The first-order valence-electron chi connectivity index (χ1n) is 9.74. The van der Waals surface area contributed by atoms with Gasteiger partial charge in [-0.15, -0.1) is 11.3 Å². The van der Waals surface area contributed by atoms with Crippen molar-refractivity contribution in [2.24, 2.45) is 0 Å². The van der Waals surface area contributed by atoms with Crippen molar-refractivity contribution < 1.29 is 27.5 Å². The summed E-state index contributed by atoms with van der Waals surface area (Å²) in [4.78, 5) is 24.8. The number of anilines is 1. The van der Waals surface area contributed by atoms with E-state index in [0.29, 0.717) is 22.7 Å². The maximum absolute atomic E-state index is 12.6. The van der Waals surface area contributed by atoms with Crippen LogP contribution in [0.25, 0.3) is 11.1 Å². The van der Waals surface area contributed by atoms with Gasteiger partial charge in [0.25, 0.3) is 0 Å². The molecule has 1 amide bonds. The topological polar surface area (TPSA) is 98.8 Å². The van der Waals surface area contributed by atoms with E-state index >= 15 is 0 Å². The second kappa shape index (κ2) is 11.1. The minimum atomic E-state index is -3.12. The fourth-order valence-electron chi connectivity index (χ4n) is 2.70. The molecule has 0 fully saturated rings. The summed E-state index contributed by atoms with van der Waals surface area (Å²) < 4.78 is 33.2.